The van der Waals surface area contributed by atoms with Crippen molar-refractivity contribution in [1.82, 2.24) is 15.5 Å². The van der Waals surface area contributed by atoms with E-state index < -0.39 is 23.8 Å². The smallest absolute Gasteiger partial charge is 0.408 e. The molecule has 37 heavy (non-hydrogen) atoms. The third-order valence-corrected chi connectivity index (χ3v) is 6.37. The summed E-state index contributed by atoms with van der Waals surface area (Å²) in [5, 5.41) is 15.6. The van der Waals surface area contributed by atoms with Crippen LogP contribution in [0, 0.1) is 5.92 Å². The Balaban J connectivity index is 1.94. The molecule has 8 heteroatoms. The number of phenols is 1. The molecular formula is C29H39N3O5. The molecule has 0 radical (unpaired) electrons. The van der Waals surface area contributed by atoms with E-state index in [-0.39, 0.29) is 29.5 Å². The summed E-state index contributed by atoms with van der Waals surface area (Å²) in [5.41, 5.74) is 0.811. The summed E-state index contributed by atoms with van der Waals surface area (Å²) in [5.74, 6) is -0.830. The molecule has 200 valence electrons. The number of alkyl carbamates (subject to hydrolysis) is 1. The van der Waals surface area contributed by atoms with Crippen molar-refractivity contribution in [3.63, 3.8) is 0 Å². The number of nitrogens with one attached hydrogen (secondary N) is 2. The van der Waals surface area contributed by atoms with Gasteiger partial charge in [0, 0.05) is 12.6 Å². The van der Waals surface area contributed by atoms with Crippen molar-refractivity contribution in [1.29, 1.82) is 0 Å². The summed E-state index contributed by atoms with van der Waals surface area (Å²) >= 11 is 0. The van der Waals surface area contributed by atoms with Crippen LogP contribution in [-0.2, 0) is 20.9 Å². The van der Waals surface area contributed by atoms with Crippen molar-refractivity contribution in [3.05, 3.63) is 65.7 Å². The topological polar surface area (TPSA) is 108 Å². The summed E-state index contributed by atoms with van der Waals surface area (Å²) in [6, 6.07) is 13.9. The first-order valence-corrected chi connectivity index (χ1v) is 12.9. The highest BCUT2D eigenvalue weighted by Gasteiger charge is 2.42. The maximum absolute atomic E-state index is 14.1. The van der Waals surface area contributed by atoms with Crippen molar-refractivity contribution in [2.45, 2.75) is 84.2 Å². The van der Waals surface area contributed by atoms with Gasteiger partial charge in [0.25, 0.3) is 0 Å². The van der Waals surface area contributed by atoms with Gasteiger partial charge in [0.2, 0.25) is 11.8 Å². The first-order chi connectivity index (χ1) is 17.5. The maximum Gasteiger partial charge on any atom is 0.408 e. The first kappa shape index (κ1) is 28.0. The van der Waals surface area contributed by atoms with Gasteiger partial charge in [0.05, 0.1) is 0 Å². The molecule has 0 heterocycles. The van der Waals surface area contributed by atoms with Gasteiger partial charge in [-0.3, -0.25) is 9.59 Å². The van der Waals surface area contributed by atoms with Gasteiger partial charge in [-0.15, -0.1) is 0 Å². The molecule has 1 fully saturated rings. The van der Waals surface area contributed by atoms with Gasteiger partial charge in [-0.25, -0.2) is 4.79 Å². The van der Waals surface area contributed by atoms with Crippen LogP contribution in [0.5, 0.6) is 5.75 Å². The predicted octanol–water partition coefficient (Wildman–Crippen LogP) is 4.68. The molecule has 1 aliphatic carbocycles. The number of nitrogens with zero attached hydrogens (tertiary/aromatic N) is 1. The van der Waals surface area contributed by atoms with Crippen LogP contribution >= 0.6 is 0 Å². The zero-order valence-electron chi connectivity index (χ0n) is 22.4. The molecule has 8 nitrogen and oxygen atoms in total. The highest BCUT2D eigenvalue weighted by atomic mass is 16.6. The summed E-state index contributed by atoms with van der Waals surface area (Å²) in [4.78, 5) is 42.1. The number of carbonyl (C=O) groups is 3. The summed E-state index contributed by atoms with van der Waals surface area (Å²) in [6.45, 7) is 9.30. The number of phenolic OH excluding ortho intramolecular Hbond substituents is 1. The lowest BCUT2D eigenvalue weighted by Crippen LogP contribution is -2.58. The zero-order valence-corrected chi connectivity index (χ0v) is 22.4. The van der Waals surface area contributed by atoms with Crippen LogP contribution in [0.4, 0.5) is 4.79 Å². The molecule has 0 bridgehead atoms. The number of aromatic hydroxyl groups is 1. The standard InChI is InChI=1S/C29H39N3O5/c1-19(2)24(31-28(36)37-29(3,4)5)27(35)32(22-12-9-13-22)25(21-14-16-23(33)17-15-21)26(34)30-18-20-10-7-6-8-11-20/h6-8,10-11,14-17,19,22,24-25,33H,9,12-13,18H2,1-5H3,(H,30,34)(H,31,36). The molecule has 2 atom stereocenters. The Morgan fingerprint density at radius 2 is 1.65 bits per heavy atom. The number of benzene rings is 2. The Morgan fingerprint density at radius 3 is 2.16 bits per heavy atom. The molecule has 0 spiro atoms. The van der Waals surface area contributed by atoms with E-state index in [1.807, 2.05) is 44.2 Å². The molecule has 2 unspecified atom stereocenters. The van der Waals surface area contributed by atoms with Crippen molar-refractivity contribution in [2.75, 3.05) is 0 Å². The van der Waals surface area contributed by atoms with E-state index in [4.69, 9.17) is 4.74 Å². The van der Waals surface area contributed by atoms with E-state index in [0.29, 0.717) is 12.1 Å². The Morgan fingerprint density at radius 1 is 1.03 bits per heavy atom. The SMILES string of the molecule is CC(C)C(NC(=O)OC(C)(C)C)C(=O)N(C1CCC1)C(C(=O)NCc1ccccc1)c1ccc(O)cc1. The highest BCUT2D eigenvalue weighted by molar-refractivity contribution is 5.92. The van der Waals surface area contributed by atoms with Crippen LogP contribution < -0.4 is 10.6 Å². The second-order valence-electron chi connectivity index (χ2n) is 10.9. The van der Waals surface area contributed by atoms with E-state index in [2.05, 4.69) is 10.6 Å². The van der Waals surface area contributed by atoms with E-state index >= 15 is 0 Å². The van der Waals surface area contributed by atoms with Crippen molar-refractivity contribution in [3.8, 4) is 5.75 Å². The third kappa shape index (κ3) is 7.71. The molecule has 1 aliphatic rings. The van der Waals surface area contributed by atoms with E-state index in [9.17, 15) is 19.5 Å². The minimum Gasteiger partial charge on any atom is -0.508 e. The minimum absolute atomic E-state index is 0.0698. The van der Waals surface area contributed by atoms with E-state index in [0.717, 1.165) is 24.8 Å². The molecule has 2 aromatic carbocycles. The van der Waals surface area contributed by atoms with Crippen LogP contribution in [0.15, 0.2) is 54.6 Å². The molecule has 3 amide bonds. The van der Waals surface area contributed by atoms with Crippen LogP contribution in [0.3, 0.4) is 0 Å². The van der Waals surface area contributed by atoms with Gasteiger partial charge in [-0.2, -0.15) is 0 Å². The maximum atomic E-state index is 14.1. The second kappa shape index (κ2) is 12.1. The van der Waals surface area contributed by atoms with Crippen LogP contribution in [-0.4, -0.2) is 45.6 Å². The average Bonchev–Trinajstić information content (AvgIpc) is 2.79. The van der Waals surface area contributed by atoms with Gasteiger partial charge in [0.15, 0.2) is 0 Å². The average molecular weight is 510 g/mol. The fourth-order valence-electron chi connectivity index (χ4n) is 4.27. The third-order valence-electron chi connectivity index (χ3n) is 6.37. The largest absolute Gasteiger partial charge is 0.508 e. The number of hydrogen-bond acceptors (Lipinski definition) is 5. The van der Waals surface area contributed by atoms with Gasteiger partial charge in [0.1, 0.15) is 23.4 Å². The van der Waals surface area contributed by atoms with Gasteiger partial charge in [-0.1, -0.05) is 56.3 Å². The predicted molar refractivity (Wildman–Crippen MR) is 142 cm³/mol. The van der Waals surface area contributed by atoms with Gasteiger partial charge >= 0.3 is 6.09 Å². The number of rotatable bonds is 9. The number of hydrogen-bond donors (Lipinski definition) is 3. The number of carbonyl (C=O) groups excluding carboxylic acids is 3. The van der Waals surface area contributed by atoms with Crippen molar-refractivity contribution < 1.29 is 24.2 Å². The molecule has 0 aliphatic heterocycles. The second-order valence-corrected chi connectivity index (χ2v) is 10.9. The van der Waals surface area contributed by atoms with Gasteiger partial charge in [-0.05, 0) is 69.2 Å². The Hall–Kier alpha value is -3.55. The molecule has 0 saturated heterocycles. The fourth-order valence-corrected chi connectivity index (χ4v) is 4.27. The molecule has 1 saturated carbocycles. The molecule has 3 rings (SSSR count). The van der Waals surface area contributed by atoms with Crippen LogP contribution in [0.25, 0.3) is 0 Å². The number of ether oxygens (including phenoxy) is 1. The Kier molecular flexibility index (Phi) is 9.18. The molecule has 2 aromatic rings. The molecular weight excluding hydrogens is 470 g/mol. The van der Waals surface area contributed by atoms with Crippen molar-refractivity contribution >= 4 is 17.9 Å². The van der Waals surface area contributed by atoms with E-state index in [1.165, 1.54) is 12.1 Å². The lowest BCUT2D eigenvalue weighted by molar-refractivity contribution is -0.148. The monoisotopic (exact) mass is 509 g/mol. The van der Waals surface area contributed by atoms with E-state index in [1.54, 1.807) is 37.8 Å². The minimum atomic E-state index is -0.927. The zero-order chi connectivity index (χ0) is 27.2. The number of amides is 3. The summed E-state index contributed by atoms with van der Waals surface area (Å²) in [6.07, 6.45) is 1.81. The quantitative estimate of drug-likeness (QED) is 0.455. The fraction of sp³-hybridized carbons (Fsp3) is 0.483. The highest BCUT2D eigenvalue weighted by Crippen LogP contribution is 2.34. The Labute approximate surface area is 219 Å². The first-order valence-electron chi connectivity index (χ1n) is 12.9. The lowest BCUT2D eigenvalue weighted by Gasteiger charge is -2.44. The molecule has 3 N–H and O–H groups in total. The Bertz CT molecular complexity index is 1060. The van der Waals surface area contributed by atoms with Crippen molar-refractivity contribution in [2.24, 2.45) is 5.92 Å². The lowest BCUT2D eigenvalue weighted by atomic mass is 9.87. The van der Waals surface area contributed by atoms with Gasteiger partial charge < -0.3 is 25.4 Å². The normalized spacial score (nSPS) is 15.3. The van der Waals surface area contributed by atoms with Crippen LogP contribution in [0.1, 0.15) is 71.0 Å². The van der Waals surface area contributed by atoms with Crippen LogP contribution in [0.2, 0.25) is 0 Å². The summed E-state index contributed by atoms with van der Waals surface area (Å²) < 4.78 is 5.41. The summed E-state index contributed by atoms with van der Waals surface area (Å²) in [7, 11) is 0. The molecule has 0 aromatic heterocycles.